The van der Waals surface area contributed by atoms with Crippen LogP contribution >= 0.6 is 0 Å². The summed E-state index contributed by atoms with van der Waals surface area (Å²) < 4.78 is 5.74. The highest BCUT2D eigenvalue weighted by atomic mass is 16.5. The standard InChI is InChI=1S/C16H32O/c1-16(17-2)14-12-10-8-6-4-3-5-7-9-11-13-15-16/h3-15H2,1-2H3. The van der Waals surface area contributed by atoms with Gasteiger partial charge in [-0.05, 0) is 19.8 Å². The van der Waals surface area contributed by atoms with Gasteiger partial charge >= 0.3 is 0 Å². The minimum atomic E-state index is 0.157. The second kappa shape index (κ2) is 8.97. The fourth-order valence-electron chi connectivity index (χ4n) is 2.92. The van der Waals surface area contributed by atoms with Crippen molar-refractivity contribution in [1.29, 1.82) is 0 Å². The average Bonchev–Trinajstić information content (AvgIpc) is 2.34. The molecular formula is C16H32O. The highest BCUT2D eigenvalue weighted by Crippen LogP contribution is 2.26. The SMILES string of the molecule is COC1(C)CCCCCCCCCCCCC1. The van der Waals surface area contributed by atoms with Crippen LogP contribution in [0.2, 0.25) is 0 Å². The third-order valence-electron chi connectivity index (χ3n) is 4.40. The van der Waals surface area contributed by atoms with Crippen molar-refractivity contribution in [2.75, 3.05) is 7.11 Å². The van der Waals surface area contributed by atoms with Gasteiger partial charge in [0.1, 0.15) is 0 Å². The molecule has 0 radical (unpaired) electrons. The molecule has 1 rings (SSSR count). The van der Waals surface area contributed by atoms with E-state index in [9.17, 15) is 0 Å². The highest BCUT2D eigenvalue weighted by molar-refractivity contribution is 4.74. The van der Waals surface area contributed by atoms with Gasteiger partial charge in [0.25, 0.3) is 0 Å². The zero-order valence-electron chi connectivity index (χ0n) is 12.1. The van der Waals surface area contributed by atoms with Crippen LogP contribution in [0.3, 0.4) is 0 Å². The van der Waals surface area contributed by atoms with Gasteiger partial charge in [0.15, 0.2) is 0 Å². The molecule has 0 spiro atoms. The molecule has 1 heteroatoms. The molecule has 1 fully saturated rings. The van der Waals surface area contributed by atoms with Crippen LogP contribution in [-0.2, 0) is 4.74 Å². The topological polar surface area (TPSA) is 9.23 Å². The third kappa shape index (κ3) is 7.08. The Kier molecular flexibility index (Phi) is 7.92. The van der Waals surface area contributed by atoms with Crippen molar-refractivity contribution in [2.24, 2.45) is 0 Å². The van der Waals surface area contributed by atoms with Crippen molar-refractivity contribution >= 4 is 0 Å². The first-order chi connectivity index (χ1) is 8.27. The van der Waals surface area contributed by atoms with Crippen LogP contribution < -0.4 is 0 Å². The fourth-order valence-corrected chi connectivity index (χ4v) is 2.92. The largest absolute Gasteiger partial charge is 0.379 e. The lowest BCUT2D eigenvalue weighted by Crippen LogP contribution is -2.27. The number of hydrogen-bond acceptors (Lipinski definition) is 1. The van der Waals surface area contributed by atoms with E-state index in [-0.39, 0.29) is 5.60 Å². The molecule has 0 aromatic rings. The highest BCUT2D eigenvalue weighted by Gasteiger charge is 2.22. The Balaban J connectivity index is 2.29. The first kappa shape index (κ1) is 15.0. The second-order valence-electron chi connectivity index (χ2n) is 6.04. The summed E-state index contributed by atoms with van der Waals surface area (Å²) in [5.41, 5.74) is 0.157. The molecule has 1 nitrogen and oxygen atoms in total. The third-order valence-corrected chi connectivity index (χ3v) is 4.40. The van der Waals surface area contributed by atoms with Gasteiger partial charge < -0.3 is 4.74 Å². The van der Waals surface area contributed by atoms with Crippen molar-refractivity contribution in [3.8, 4) is 0 Å². The van der Waals surface area contributed by atoms with Gasteiger partial charge in [-0.15, -0.1) is 0 Å². The molecule has 0 aliphatic heterocycles. The molecule has 0 aromatic heterocycles. The fraction of sp³-hybridized carbons (Fsp3) is 1.00. The zero-order chi connectivity index (χ0) is 12.4. The van der Waals surface area contributed by atoms with Crippen molar-refractivity contribution in [3.05, 3.63) is 0 Å². The number of hydrogen-bond donors (Lipinski definition) is 0. The first-order valence-corrected chi connectivity index (χ1v) is 7.82. The molecule has 1 aliphatic rings. The van der Waals surface area contributed by atoms with Crippen LogP contribution in [0.5, 0.6) is 0 Å². The molecule has 0 saturated heterocycles. The van der Waals surface area contributed by atoms with Crippen LogP contribution in [0.1, 0.15) is 90.4 Å². The summed E-state index contributed by atoms with van der Waals surface area (Å²) in [4.78, 5) is 0. The van der Waals surface area contributed by atoms with Crippen molar-refractivity contribution in [3.63, 3.8) is 0 Å². The normalized spacial score (nSPS) is 25.1. The lowest BCUT2D eigenvalue weighted by molar-refractivity contribution is -0.0121. The van der Waals surface area contributed by atoms with Crippen LogP contribution in [0.25, 0.3) is 0 Å². The van der Waals surface area contributed by atoms with Gasteiger partial charge in [-0.3, -0.25) is 0 Å². The maximum absolute atomic E-state index is 5.74. The zero-order valence-corrected chi connectivity index (χ0v) is 12.1. The van der Waals surface area contributed by atoms with E-state index in [4.69, 9.17) is 4.74 Å². The van der Waals surface area contributed by atoms with Crippen molar-refractivity contribution < 1.29 is 4.74 Å². The quantitative estimate of drug-likeness (QED) is 0.590. The molecule has 0 amide bonds. The van der Waals surface area contributed by atoms with Gasteiger partial charge in [-0.2, -0.15) is 0 Å². The van der Waals surface area contributed by atoms with E-state index in [2.05, 4.69) is 6.92 Å². The Morgan fingerprint density at radius 2 is 0.882 bits per heavy atom. The lowest BCUT2D eigenvalue weighted by atomic mass is 9.90. The summed E-state index contributed by atoms with van der Waals surface area (Å²) in [6.07, 6.45) is 18.2. The molecule has 0 unspecified atom stereocenters. The van der Waals surface area contributed by atoms with Crippen LogP contribution in [0, 0.1) is 0 Å². The van der Waals surface area contributed by atoms with E-state index < -0.39 is 0 Å². The molecule has 1 saturated carbocycles. The molecule has 0 N–H and O–H groups in total. The Labute approximate surface area is 108 Å². The van der Waals surface area contributed by atoms with E-state index in [0.29, 0.717) is 0 Å². The van der Waals surface area contributed by atoms with E-state index in [1.165, 1.54) is 83.5 Å². The predicted octanol–water partition coefficient (Wildman–Crippen LogP) is 5.48. The Bertz CT molecular complexity index is 162. The average molecular weight is 240 g/mol. The number of ether oxygens (including phenoxy) is 1. The summed E-state index contributed by atoms with van der Waals surface area (Å²) in [5.74, 6) is 0. The van der Waals surface area contributed by atoms with Gasteiger partial charge in [-0.25, -0.2) is 0 Å². The van der Waals surface area contributed by atoms with E-state index in [1.807, 2.05) is 7.11 Å². The first-order valence-electron chi connectivity index (χ1n) is 7.82. The minimum absolute atomic E-state index is 0.157. The van der Waals surface area contributed by atoms with Crippen molar-refractivity contribution in [2.45, 2.75) is 96.0 Å². The summed E-state index contributed by atoms with van der Waals surface area (Å²) in [5, 5.41) is 0. The van der Waals surface area contributed by atoms with Crippen LogP contribution in [0.15, 0.2) is 0 Å². The maximum Gasteiger partial charge on any atom is 0.0650 e. The van der Waals surface area contributed by atoms with Gasteiger partial charge in [-0.1, -0.05) is 70.6 Å². The molecule has 1 aliphatic carbocycles. The maximum atomic E-state index is 5.74. The smallest absolute Gasteiger partial charge is 0.0650 e. The number of methoxy groups -OCH3 is 1. The summed E-state index contributed by atoms with van der Waals surface area (Å²) >= 11 is 0. The van der Waals surface area contributed by atoms with Crippen LogP contribution in [0.4, 0.5) is 0 Å². The van der Waals surface area contributed by atoms with E-state index >= 15 is 0 Å². The number of rotatable bonds is 1. The summed E-state index contributed by atoms with van der Waals surface area (Å²) in [6, 6.07) is 0. The van der Waals surface area contributed by atoms with Gasteiger partial charge in [0, 0.05) is 7.11 Å². The Morgan fingerprint density at radius 1 is 0.588 bits per heavy atom. The molecule has 102 valence electrons. The molecule has 0 atom stereocenters. The molecule has 0 aromatic carbocycles. The molecule has 0 heterocycles. The van der Waals surface area contributed by atoms with Gasteiger partial charge in [0.2, 0.25) is 0 Å². The molecule has 0 bridgehead atoms. The lowest BCUT2D eigenvalue weighted by Gasteiger charge is -2.28. The van der Waals surface area contributed by atoms with E-state index in [0.717, 1.165) is 0 Å². The Morgan fingerprint density at radius 3 is 1.18 bits per heavy atom. The van der Waals surface area contributed by atoms with E-state index in [1.54, 1.807) is 0 Å². The second-order valence-corrected chi connectivity index (χ2v) is 6.04. The predicted molar refractivity (Wildman–Crippen MR) is 75.4 cm³/mol. The Hall–Kier alpha value is -0.0400. The minimum Gasteiger partial charge on any atom is -0.379 e. The van der Waals surface area contributed by atoms with Gasteiger partial charge in [0.05, 0.1) is 5.60 Å². The van der Waals surface area contributed by atoms with Crippen LogP contribution in [-0.4, -0.2) is 12.7 Å². The van der Waals surface area contributed by atoms with Crippen molar-refractivity contribution in [1.82, 2.24) is 0 Å². The summed E-state index contributed by atoms with van der Waals surface area (Å²) in [6.45, 7) is 2.30. The summed E-state index contributed by atoms with van der Waals surface area (Å²) in [7, 11) is 1.89. The monoisotopic (exact) mass is 240 g/mol. The molecular weight excluding hydrogens is 208 g/mol. The molecule has 17 heavy (non-hydrogen) atoms.